The van der Waals surface area contributed by atoms with E-state index in [0.717, 1.165) is 24.9 Å². The van der Waals surface area contributed by atoms with Crippen LogP contribution < -0.4 is 5.32 Å². The molecule has 2 aromatic rings. The van der Waals surface area contributed by atoms with Gasteiger partial charge < -0.3 is 5.32 Å². The van der Waals surface area contributed by atoms with Crippen molar-refractivity contribution in [2.75, 3.05) is 11.9 Å². The van der Waals surface area contributed by atoms with E-state index in [4.69, 9.17) is 0 Å². The van der Waals surface area contributed by atoms with Gasteiger partial charge in [-0.15, -0.1) is 0 Å². The lowest BCUT2D eigenvalue weighted by atomic mass is 9.96. The van der Waals surface area contributed by atoms with E-state index < -0.39 is 0 Å². The molecular formula is C17H18FN. The molecule has 2 aromatic carbocycles. The molecule has 0 spiro atoms. The molecule has 0 saturated heterocycles. The highest BCUT2D eigenvalue weighted by atomic mass is 19.1. The third-order valence-electron chi connectivity index (χ3n) is 3.81. The zero-order valence-electron chi connectivity index (χ0n) is 11.2. The van der Waals surface area contributed by atoms with Gasteiger partial charge in [0.25, 0.3) is 0 Å². The van der Waals surface area contributed by atoms with Crippen LogP contribution in [0.15, 0.2) is 36.4 Å². The van der Waals surface area contributed by atoms with E-state index in [1.165, 1.54) is 28.8 Å². The maximum absolute atomic E-state index is 13.1. The molecule has 1 heterocycles. The largest absolute Gasteiger partial charge is 0.385 e. The van der Waals surface area contributed by atoms with Gasteiger partial charge in [-0.2, -0.15) is 0 Å². The van der Waals surface area contributed by atoms with Crippen molar-refractivity contribution in [1.82, 2.24) is 0 Å². The minimum absolute atomic E-state index is 0.157. The molecule has 0 saturated carbocycles. The van der Waals surface area contributed by atoms with Gasteiger partial charge in [-0.05, 0) is 66.6 Å². The van der Waals surface area contributed by atoms with Gasteiger partial charge in [-0.3, -0.25) is 0 Å². The molecule has 0 fully saturated rings. The minimum atomic E-state index is -0.157. The number of rotatable bonds is 2. The molecule has 0 bridgehead atoms. The Balaban J connectivity index is 1.87. The van der Waals surface area contributed by atoms with Gasteiger partial charge in [-0.1, -0.05) is 18.2 Å². The zero-order valence-corrected chi connectivity index (χ0v) is 11.2. The molecule has 0 unspecified atom stereocenters. The van der Waals surface area contributed by atoms with Crippen LogP contribution in [0.25, 0.3) is 0 Å². The molecule has 1 nitrogen and oxygen atoms in total. The second-order valence-electron chi connectivity index (χ2n) is 5.27. The molecule has 0 aromatic heterocycles. The Morgan fingerprint density at radius 2 is 2.05 bits per heavy atom. The molecule has 1 aliphatic heterocycles. The summed E-state index contributed by atoms with van der Waals surface area (Å²) in [4.78, 5) is 0. The first kappa shape index (κ1) is 12.2. The smallest absolute Gasteiger partial charge is 0.123 e. The number of aryl methyl sites for hydroxylation is 2. The molecule has 0 atom stereocenters. The molecule has 98 valence electrons. The van der Waals surface area contributed by atoms with Crippen LogP contribution in [0.5, 0.6) is 0 Å². The van der Waals surface area contributed by atoms with E-state index >= 15 is 0 Å². The highest BCUT2D eigenvalue weighted by Gasteiger charge is 2.09. The second kappa shape index (κ2) is 5.04. The normalized spacial score (nSPS) is 13.8. The number of benzene rings is 2. The van der Waals surface area contributed by atoms with Gasteiger partial charge in [0.2, 0.25) is 0 Å². The molecule has 0 aliphatic carbocycles. The summed E-state index contributed by atoms with van der Waals surface area (Å²) in [6.07, 6.45) is 3.23. The van der Waals surface area contributed by atoms with E-state index in [1.807, 2.05) is 13.0 Å². The number of halogens is 1. The summed E-state index contributed by atoms with van der Waals surface area (Å²) in [7, 11) is 0. The molecule has 3 rings (SSSR count). The Bertz CT molecular complexity index is 604. The lowest BCUT2D eigenvalue weighted by Gasteiger charge is -2.19. The van der Waals surface area contributed by atoms with Gasteiger partial charge in [0.15, 0.2) is 0 Å². The predicted molar refractivity (Wildman–Crippen MR) is 77.2 cm³/mol. The molecule has 1 aliphatic rings. The van der Waals surface area contributed by atoms with Crippen LogP contribution in [0.1, 0.15) is 28.7 Å². The average Bonchev–Trinajstić information content (AvgIpc) is 2.42. The van der Waals surface area contributed by atoms with E-state index in [0.29, 0.717) is 0 Å². The molecule has 0 radical (unpaired) electrons. The summed E-state index contributed by atoms with van der Waals surface area (Å²) in [5.41, 5.74) is 6.20. The van der Waals surface area contributed by atoms with Crippen LogP contribution in [0.4, 0.5) is 10.1 Å². The number of hydrogen-bond donors (Lipinski definition) is 1. The number of anilines is 1. The summed E-state index contributed by atoms with van der Waals surface area (Å²) >= 11 is 0. The van der Waals surface area contributed by atoms with Crippen LogP contribution in [0, 0.1) is 12.7 Å². The zero-order chi connectivity index (χ0) is 13.2. The van der Waals surface area contributed by atoms with Crippen molar-refractivity contribution in [1.29, 1.82) is 0 Å². The van der Waals surface area contributed by atoms with Crippen LogP contribution in [0.2, 0.25) is 0 Å². The molecule has 19 heavy (non-hydrogen) atoms. The van der Waals surface area contributed by atoms with E-state index in [-0.39, 0.29) is 5.82 Å². The number of hydrogen-bond acceptors (Lipinski definition) is 1. The monoisotopic (exact) mass is 255 g/mol. The maximum atomic E-state index is 13.1. The van der Waals surface area contributed by atoms with Crippen molar-refractivity contribution in [2.45, 2.75) is 26.2 Å². The Morgan fingerprint density at radius 1 is 1.16 bits per heavy atom. The Hall–Kier alpha value is -1.83. The van der Waals surface area contributed by atoms with Crippen LogP contribution in [-0.2, 0) is 12.8 Å². The topological polar surface area (TPSA) is 12.0 Å². The molecule has 2 heteroatoms. The van der Waals surface area contributed by atoms with Crippen molar-refractivity contribution >= 4 is 5.69 Å². The first-order valence-electron chi connectivity index (χ1n) is 6.83. The van der Waals surface area contributed by atoms with Gasteiger partial charge in [0.1, 0.15) is 5.82 Å². The average molecular weight is 255 g/mol. The summed E-state index contributed by atoms with van der Waals surface area (Å²) in [5.74, 6) is -0.157. The van der Waals surface area contributed by atoms with Crippen LogP contribution in [-0.4, -0.2) is 6.54 Å². The highest BCUT2D eigenvalue weighted by Crippen LogP contribution is 2.24. The Morgan fingerprint density at radius 3 is 2.89 bits per heavy atom. The maximum Gasteiger partial charge on any atom is 0.123 e. The van der Waals surface area contributed by atoms with Gasteiger partial charge in [0.05, 0.1) is 0 Å². The van der Waals surface area contributed by atoms with Gasteiger partial charge in [-0.25, -0.2) is 4.39 Å². The fraction of sp³-hybridized carbons (Fsp3) is 0.294. The fourth-order valence-electron chi connectivity index (χ4n) is 2.72. The predicted octanol–water partition coefficient (Wildman–Crippen LogP) is 4.08. The minimum Gasteiger partial charge on any atom is -0.385 e. The second-order valence-corrected chi connectivity index (χ2v) is 5.27. The van der Waals surface area contributed by atoms with E-state index in [1.54, 1.807) is 12.1 Å². The van der Waals surface area contributed by atoms with Crippen molar-refractivity contribution in [3.63, 3.8) is 0 Å². The number of fused-ring (bicyclic) bond motifs is 1. The Kier molecular flexibility index (Phi) is 3.24. The SMILES string of the molecule is Cc1cc(F)ccc1Cc1ccc2c(c1)CCCN2. The lowest BCUT2D eigenvalue weighted by molar-refractivity contribution is 0.626. The van der Waals surface area contributed by atoms with Gasteiger partial charge in [0, 0.05) is 12.2 Å². The number of nitrogens with one attached hydrogen (secondary N) is 1. The fourth-order valence-corrected chi connectivity index (χ4v) is 2.72. The first-order chi connectivity index (χ1) is 9.22. The quantitative estimate of drug-likeness (QED) is 0.852. The standard InChI is InChI=1S/C17H18FN/c1-12-9-16(18)6-5-14(12)10-13-4-7-17-15(11-13)3-2-8-19-17/h4-7,9,11,19H,2-3,8,10H2,1H3. The lowest BCUT2D eigenvalue weighted by Crippen LogP contribution is -2.11. The Labute approximate surface area is 113 Å². The van der Waals surface area contributed by atoms with Gasteiger partial charge >= 0.3 is 0 Å². The van der Waals surface area contributed by atoms with Crippen molar-refractivity contribution < 1.29 is 4.39 Å². The van der Waals surface area contributed by atoms with Crippen molar-refractivity contribution in [3.05, 3.63) is 64.5 Å². The summed E-state index contributed by atoms with van der Waals surface area (Å²) in [5, 5.41) is 3.42. The third kappa shape index (κ3) is 2.62. The van der Waals surface area contributed by atoms with Crippen molar-refractivity contribution in [2.24, 2.45) is 0 Å². The van der Waals surface area contributed by atoms with Crippen LogP contribution >= 0.6 is 0 Å². The summed E-state index contributed by atoms with van der Waals surface area (Å²) in [6, 6.07) is 11.7. The summed E-state index contributed by atoms with van der Waals surface area (Å²) < 4.78 is 13.1. The van der Waals surface area contributed by atoms with E-state index in [2.05, 4.69) is 23.5 Å². The van der Waals surface area contributed by atoms with Crippen LogP contribution in [0.3, 0.4) is 0 Å². The van der Waals surface area contributed by atoms with Crippen molar-refractivity contribution in [3.8, 4) is 0 Å². The molecule has 1 N–H and O–H groups in total. The third-order valence-corrected chi connectivity index (χ3v) is 3.81. The summed E-state index contributed by atoms with van der Waals surface area (Å²) in [6.45, 7) is 3.04. The molecular weight excluding hydrogens is 237 g/mol. The molecule has 0 amide bonds. The van der Waals surface area contributed by atoms with E-state index in [9.17, 15) is 4.39 Å². The first-order valence-corrected chi connectivity index (χ1v) is 6.83. The highest BCUT2D eigenvalue weighted by molar-refractivity contribution is 5.55.